The van der Waals surface area contributed by atoms with Crippen molar-refractivity contribution in [2.75, 3.05) is 4.72 Å². The zero-order valence-corrected chi connectivity index (χ0v) is 12.3. The molecule has 0 saturated heterocycles. The maximum atomic E-state index is 13.7. The van der Waals surface area contributed by atoms with Crippen molar-refractivity contribution in [3.63, 3.8) is 0 Å². The molecule has 0 spiro atoms. The van der Waals surface area contributed by atoms with Gasteiger partial charge in [-0.1, -0.05) is 15.9 Å². The van der Waals surface area contributed by atoms with E-state index in [-0.39, 0.29) is 5.82 Å². The second-order valence-electron chi connectivity index (χ2n) is 3.90. The number of hydrogen-bond donors (Lipinski definition) is 1. The molecule has 1 aromatic heterocycles. The predicted octanol–water partition coefficient (Wildman–Crippen LogP) is 3.09. The van der Waals surface area contributed by atoms with Crippen LogP contribution in [0, 0.1) is 12.7 Å². The van der Waals surface area contributed by atoms with Gasteiger partial charge in [-0.25, -0.2) is 17.8 Å². The molecular weight excluding hydrogens is 335 g/mol. The third-order valence-electron chi connectivity index (χ3n) is 2.34. The van der Waals surface area contributed by atoms with Crippen LogP contribution < -0.4 is 4.72 Å². The third-order valence-corrected chi connectivity index (χ3v) is 4.22. The first-order valence-corrected chi connectivity index (χ1v) is 7.56. The Bertz CT molecular complexity index is 719. The van der Waals surface area contributed by atoms with Gasteiger partial charge in [-0.2, -0.15) is 0 Å². The van der Waals surface area contributed by atoms with E-state index in [0.29, 0.717) is 4.47 Å². The molecule has 0 radical (unpaired) electrons. The summed E-state index contributed by atoms with van der Waals surface area (Å²) >= 11 is 3.07. The van der Waals surface area contributed by atoms with Gasteiger partial charge >= 0.3 is 0 Å². The molecule has 0 aliphatic heterocycles. The van der Waals surface area contributed by atoms with Gasteiger partial charge in [0, 0.05) is 10.7 Å². The van der Waals surface area contributed by atoms with Crippen LogP contribution in [0.25, 0.3) is 0 Å². The summed E-state index contributed by atoms with van der Waals surface area (Å²) in [6.45, 7) is 1.81. The Kier molecular flexibility index (Phi) is 3.86. The number of aromatic nitrogens is 1. The first kappa shape index (κ1) is 14.0. The van der Waals surface area contributed by atoms with Crippen LogP contribution in [0.15, 0.2) is 45.9 Å². The second-order valence-corrected chi connectivity index (χ2v) is 6.47. The summed E-state index contributed by atoms with van der Waals surface area (Å²) < 4.78 is 40.4. The summed E-state index contributed by atoms with van der Waals surface area (Å²) in [5, 5.41) is 0. The van der Waals surface area contributed by atoms with Crippen LogP contribution in [0.1, 0.15) is 5.56 Å². The number of pyridine rings is 1. The topological polar surface area (TPSA) is 59.1 Å². The van der Waals surface area contributed by atoms with Gasteiger partial charge in [-0.15, -0.1) is 0 Å². The molecule has 100 valence electrons. The number of nitrogens with one attached hydrogen (secondary N) is 1. The summed E-state index contributed by atoms with van der Waals surface area (Å²) in [6, 6.07) is 7.05. The van der Waals surface area contributed by atoms with Crippen LogP contribution in [0.3, 0.4) is 0 Å². The molecule has 0 unspecified atom stereocenters. The van der Waals surface area contributed by atoms with Crippen LogP contribution in [-0.2, 0) is 10.0 Å². The predicted molar refractivity (Wildman–Crippen MR) is 73.9 cm³/mol. The highest BCUT2D eigenvalue weighted by atomic mass is 79.9. The minimum atomic E-state index is -3.99. The highest BCUT2D eigenvalue weighted by molar-refractivity contribution is 9.10. The largest absolute Gasteiger partial charge is 0.265 e. The van der Waals surface area contributed by atoms with Crippen molar-refractivity contribution >= 4 is 31.8 Å². The molecule has 0 fully saturated rings. The summed E-state index contributed by atoms with van der Waals surface area (Å²) in [7, 11) is -3.99. The highest BCUT2D eigenvalue weighted by Gasteiger charge is 2.19. The fourth-order valence-corrected chi connectivity index (χ4v) is 2.87. The number of aryl methyl sites for hydroxylation is 1. The fraction of sp³-hybridized carbons (Fsp3) is 0.0833. The first-order valence-electron chi connectivity index (χ1n) is 5.29. The average molecular weight is 345 g/mol. The molecule has 0 atom stereocenters. The summed E-state index contributed by atoms with van der Waals surface area (Å²) in [4.78, 5) is 3.46. The SMILES string of the molecule is Cc1ccnc(NS(=O)(=O)c2ccc(Br)cc2F)c1. The van der Waals surface area contributed by atoms with Gasteiger partial charge in [0.2, 0.25) is 0 Å². The minimum Gasteiger partial charge on any atom is -0.263 e. The summed E-state index contributed by atoms with van der Waals surface area (Å²) in [5.41, 5.74) is 0.851. The third kappa shape index (κ3) is 3.30. The normalized spacial score (nSPS) is 11.3. The molecular formula is C12H10BrFN2O2S. The molecule has 0 bridgehead atoms. The van der Waals surface area contributed by atoms with E-state index in [1.54, 1.807) is 19.1 Å². The minimum absolute atomic E-state index is 0.155. The van der Waals surface area contributed by atoms with Crippen LogP contribution in [-0.4, -0.2) is 13.4 Å². The van der Waals surface area contributed by atoms with Crippen molar-refractivity contribution in [2.24, 2.45) is 0 Å². The lowest BCUT2D eigenvalue weighted by Gasteiger charge is -2.08. The molecule has 2 aromatic rings. The molecule has 4 nitrogen and oxygen atoms in total. The lowest BCUT2D eigenvalue weighted by molar-refractivity contribution is 0.569. The molecule has 7 heteroatoms. The molecule has 0 saturated carbocycles. The molecule has 2 rings (SSSR count). The lowest BCUT2D eigenvalue weighted by atomic mass is 10.3. The van der Waals surface area contributed by atoms with Crippen molar-refractivity contribution in [2.45, 2.75) is 11.8 Å². The second kappa shape index (κ2) is 5.26. The summed E-state index contributed by atoms with van der Waals surface area (Å²) in [6.07, 6.45) is 1.48. The van der Waals surface area contributed by atoms with Crippen LogP contribution in [0.4, 0.5) is 10.2 Å². The smallest absolute Gasteiger partial charge is 0.263 e. The standard InChI is InChI=1S/C12H10BrFN2O2S/c1-8-4-5-15-12(6-8)16-19(17,18)11-3-2-9(13)7-10(11)14/h2-7H,1H3,(H,15,16). The van der Waals surface area contributed by atoms with Crippen molar-refractivity contribution in [3.05, 3.63) is 52.4 Å². The Labute approximate surface area is 118 Å². The van der Waals surface area contributed by atoms with Gasteiger partial charge in [0.25, 0.3) is 10.0 Å². The quantitative estimate of drug-likeness (QED) is 0.930. The van der Waals surface area contributed by atoms with Crippen molar-refractivity contribution < 1.29 is 12.8 Å². The number of hydrogen-bond acceptors (Lipinski definition) is 3. The highest BCUT2D eigenvalue weighted by Crippen LogP contribution is 2.21. The van der Waals surface area contributed by atoms with E-state index < -0.39 is 20.7 Å². The fourth-order valence-electron chi connectivity index (χ4n) is 1.48. The lowest BCUT2D eigenvalue weighted by Crippen LogP contribution is -2.15. The molecule has 0 amide bonds. The maximum Gasteiger partial charge on any atom is 0.265 e. The van der Waals surface area contributed by atoms with Gasteiger partial charge < -0.3 is 0 Å². The first-order chi connectivity index (χ1) is 8.88. The molecule has 1 N–H and O–H groups in total. The Morgan fingerprint density at radius 3 is 2.63 bits per heavy atom. The zero-order chi connectivity index (χ0) is 14.0. The number of rotatable bonds is 3. The number of benzene rings is 1. The van der Waals surface area contributed by atoms with E-state index in [1.165, 1.54) is 18.3 Å². The van der Waals surface area contributed by atoms with E-state index in [4.69, 9.17) is 0 Å². The van der Waals surface area contributed by atoms with E-state index >= 15 is 0 Å². The van der Waals surface area contributed by atoms with Gasteiger partial charge in [0.05, 0.1) is 0 Å². The van der Waals surface area contributed by atoms with Crippen LogP contribution >= 0.6 is 15.9 Å². The molecule has 1 heterocycles. The van der Waals surface area contributed by atoms with E-state index in [2.05, 4.69) is 25.6 Å². The number of anilines is 1. The molecule has 19 heavy (non-hydrogen) atoms. The van der Waals surface area contributed by atoms with Crippen LogP contribution in [0.5, 0.6) is 0 Å². The van der Waals surface area contributed by atoms with Gasteiger partial charge in [-0.3, -0.25) is 4.72 Å². The number of halogens is 2. The monoisotopic (exact) mass is 344 g/mol. The Hall–Kier alpha value is -1.47. The van der Waals surface area contributed by atoms with E-state index in [0.717, 1.165) is 11.6 Å². The Morgan fingerprint density at radius 1 is 1.26 bits per heavy atom. The van der Waals surface area contributed by atoms with Crippen LogP contribution in [0.2, 0.25) is 0 Å². The number of sulfonamides is 1. The summed E-state index contributed by atoms with van der Waals surface area (Å²) in [5.74, 6) is -0.670. The van der Waals surface area contributed by atoms with E-state index in [1.807, 2.05) is 0 Å². The van der Waals surface area contributed by atoms with Crippen molar-refractivity contribution in [1.82, 2.24) is 4.98 Å². The average Bonchev–Trinajstić information content (AvgIpc) is 2.27. The van der Waals surface area contributed by atoms with Crippen molar-refractivity contribution in [1.29, 1.82) is 0 Å². The van der Waals surface area contributed by atoms with Gasteiger partial charge in [0.15, 0.2) is 0 Å². The Balaban J connectivity index is 2.38. The van der Waals surface area contributed by atoms with E-state index in [9.17, 15) is 12.8 Å². The van der Waals surface area contributed by atoms with Crippen molar-refractivity contribution in [3.8, 4) is 0 Å². The number of nitrogens with zero attached hydrogens (tertiary/aromatic N) is 1. The zero-order valence-electron chi connectivity index (χ0n) is 9.89. The maximum absolute atomic E-state index is 13.7. The molecule has 0 aliphatic rings. The van der Waals surface area contributed by atoms with Gasteiger partial charge in [-0.05, 0) is 42.8 Å². The molecule has 0 aliphatic carbocycles. The molecule has 1 aromatic carbocycles. The van der Waals surface area contributed by atoms with Gasteiger partial charge in [0.1, 0.15) is 16.5 Å². The Morgan fingerprint density at radius 2 is 2.00 bits per heavy atom.